The van der Waals surface area contributed by atoms with Crippen LogP contribution < -0.4 is 10.4 Å². The summed E-state index contributed by atoms with van der Waals surface area (Å²) in [4.78, 5) is 11.0. The summed E-state index contributed by atoms with van der Waals surface area (Å²) in [5.74, 6) is -0.187. The van der Waals surface area contributed by atoms with Crippen molar-refractivity contribution in [2.45, 2.75) is 38.1 Å². The smallest absolute Gasteiger partial charge is 0.0715 e. The number of carbonyl (C=O) groups excluding carboxylic acids is 1. The third-order valence-corrected chi connectivity index (χ3v) is 4.32. The molecule has 0 bridgehead atoms. The summed E-state index contributed by atoms with van der Waals surface area (Å²) in [7, 11) is 0. The summed E-state index contributed by atoms with van der Waals surface area (Å²) in [6, 6.07) is 5.77. The van der Waals surface area contributed by atoms with Gasteiger partial charge in [0.1, 0.15) is 0 Å². The van der Waals surface area contributed by atoms with Crippen LogP contribution >= 0.6 is 0 Å². The first kappa shape index (κ1) is 12.3. The van der Waals surface area contributed by atoms with E-state index < -0.39 is 5.97 Å². The molecule has 1 N–H and O–H groups in total. The number of carboxylic acid groups (broad SMARTS) is 1. The fourth-order valence-corrected chi connectivity index (χ4v) is 3.42. The molecule has 0 saturated carbocycles. The number of fused-ring (bicyclic) bond motifs is 3. The van der Waals surface area contributed by atoms with Crippen LogP contribution in [0.2, 0.25) is 0 Å². The summed E-state index contributed by atoms with van der Waals surface area (Å²) in [5, 5.41) is 14.6. The Morgan fingerprint density at radius 2 is 2.32 bits per heavy atom. The van der Waals surface area contributed by atoms with Crippen molar-refractivity contribution >= 4 is 11.7 Å². The Kier molecular flexibility index (Phi) is 3.05. The lowest BCUT2D eigenvalue weighted by Crippen LogP contribution is -2.36. The molecule has 1 heterocycles. The summed E-state index contributed by atoms with van der Waals surface area (Å²) in [6.07, 6.45) is 7.85. The molecule has 3 rings (SSSR count). The van der Waals surface area contributed by atoms with Gasteiger partial charge < -0.3 is 15.2 Å². The monoisotopic (exact) mass is 256 g/mol. The minimum atomic E-state index is -1.10. The van der Waals surface area contributed by atoms with Gasteiger partial charge in [0.15, 0.2) is 0 Å². The van der Waals surface area contributed by atoms with E-state index in [1.807, 2.05) is 6.07 Å². The van der Waals surface area contributed by atoms with Crippen molar-refractivity contribution < 1.29 is 9.90 Å². The Labute approximate surface area is 113 Å². The predicted molar refractivity (Wildman–Crippen MR) is 73.1 cm³/mol. The van der Waals surface area contributed by atoms with E-state index in [-0.39, 0.29) is 5.56 Å². The fourth-order valence-electron chi connectivity index (χ4n) is 3.42. The van der Waals surface area contributed by atoms with E-state index in [0.29, 0.717) is 17.9 Å². The summed E-state index contributed by atoms with van der Waals surface area (Å²) < 4.78 is 0. The van der Waals surface area contributed by atoms with Gasteiger partial charge in [-0.2, -0.15) is 0 Å². The van der Waals surface area contributed by atoms with Crippen LogP contribution in [0, 0.1) is 5.92 Å². The minimum absolute atomic E-state index is 0.272. The highest BCUT2D eigenvalue weighted by Gasteiger charge is 2.36. The molecular formula is C16H18NO2-. The average molecular weight is 256 g/mol. The predicted octanol–water partition coefficient (Wildman–Crippen LogP) is 2.30. The number of hydrogen-bond acceptors (Lipinski definition) is 3. The minimum Gasteiger partial charge on any atom is -0.545 e. The number of hydrogen-bond donors (Lipinski definition) is 1. The quantitative estimate of drug-likeness (QED) is 0.844. The Hall–Kier alpha value is -1.77. The van der Waals surface area contributed by atoms with Gasteiger partial charge in [-0.15, -0.1) is 0 Å². The SMILES string of the molecule is CCC[C@@H]1Nc2ccc(C(=O)[O-])cc2[C@@H]2C=CC[C@H]12. The molecule has 1 aromatic carbocycles. The first-order valence-electron chi connectivity index (χ1n) is 6.99. The van der Waals surface area contributed by atoms with Gasteiger partial charge >= 0.3 is 0 Å². The second kappa shape index (κ2) is 4.72. The van der Waals surface area contributed by atoms with Crippen LogP contribution in [0.3, 0.4) is 0 Å². The highest BCUT2D eigenvalue weighted by molar-refractivity contribution is 5.87. The normalized spacial score (nSPS) is 27.5. The number of benzene rings is 1. The van der Waals surface area contributed by atoms with Crippen molar-refractivity contribution in [1.29, 1.82) is 0 Å². The lowest BCUT2D eigenvalue weighted by atomic mass is 9.77. The molecule has 0 amide bonds. The van der Waals surface area contributed by atoms with Gasteiger partial charge in [0.25, 0.3) is 0 Å². The van der Waals surface area contributed by atoms with Gasteiger partial charge in [0.05, 0.1) is 5.97 Å². The zero-order chi connectivity index (χ0) is 13.4. The lowest BCUT2D eigenvalue weighted by Gasteiger charge is -2.37. The van der Waals surface area contributed by atoms with E-state index >= 15 is 0 Å². The molecule has 0 spiro atoms. The van der Waals surface area contributed by atoms with Crippen molar-refractivity contribution in [2.75, 3.05) is 5.32 Å². The van der Waals surface area contributed by atoms with Crippen molar-refractivity contribution in [3.8, 4) is 0 Å². The standard InChI is InChI=1S/C16H19NO2/c1-2-4-14-12-6-3-5-11(12)13-9-10(16(18)19)7-8-15(13)17-14/h3,5,7-9,11-12,14,17H,2,4,6H2,1H3,(H,18,19)/p-1/t11-,12+,14+/m1/s1. The molecule has 0 saturated heterocycles. The highest BCUT2D eigenvalue weighted by Crippen LogP contribution is 2.45. The second-order valence-corrected chi connectivity index (χ2v) is 5.48. The molecule has 0 unspecified atom stereocenters. The molecule has 3 nitrogen and oxygen atoms in total. The molecule has 1 aliphatic heterocycles. The fraction of sp³-hybridized carbons (Fsp3) is 0.438. The van der Waals surface area contributed by atoms with E-state index in [4.69, 9.17) is 0 Å². The Morgan fingerprint density at radius 1 is 1.47 bits per heavy atom. The third-order valence-electron chi connectivity index (χ3n) is 4.32. The number of anilines is 1. The number of nitrogens with one attached hydrogen (secondary N) is 1. The van der Waals surface area contributed by atoms with Gasteiger partial charge in [0.2, 0.25) is 0 Å². The summed E-state index contributed by atoms with van der Waals surface area (Å²) in [6.45, 7) is 2.20. The topological polar surface area (TPSA) is 52.2 Å². The Bertz CT molecular complexity index is 536. The van der Waals surface area contributed by atoms with Crippen LogP contribution in [-0.4, -0.2) is 12.0 Å². The molecule has 100 valence electrons. The maximum Gasteiger partial charge on any atom is 0.0715 e. The van der Waals surface area contributed by atoms with Crippen molar-refractivity contribution in [3.63, 3.8) is 0 Å². The van der Waals surface area contributed by atoms with Crippen LogP contribution in [0.25, 0.3) is 0 Å². The van der Waals surface area contributed by atoms with Crippen LogP contribution in [0.1, 0.15) is 48.0 Å². The Balaban J connectivity index is 2.00. The van der Waals surface area contributed by atoms with E-state index in [9.17, 15) is 9.90 Å². The third kappa shape index (κ3) is 2.03. The molecular weight excluding hydrogens is 238 g/mol. The molecule has 2 aliphatic rings. The molecule has 1 aromatic rings. The van der Waals surface area contributed by atoms with Gasteiger partial charge in [-0.05, 0) is 42.0 Å². The largest absolute Gasteiger partial charge is 0.545 e. The Morgan fingerprint density at radius 3 is 3.05 bits per heavy atom. The van der Waals surface area contributed by atoms with Crippen LogP contribution in [-0.2, 0) is 0 Å². The first-order valence-corrected chi connectivity index (χ1v) is 6.99. The highest BCUT2D eigenvalue weighted by atomic mass is 16.4. The van der Waals surface area contributed by atoms with Crippen LogP contribution in [0.5, 0.6) is 0 Å². The van der Waals surface area contributed by atoms with E-state index in [1.54, 1.807) is 12.1 Å². The number of carboxylic acids is 1. The molecule has 3 atom stereocenters. The molecule has 0 fully saturated rings. The first-order chi connectivity index (χ1) is 9.20. The van der Waals surface area contributed by atoms with E-state index in [1.165, 1.54) is 0 Å². The van der Waals surface area contributed by atoms with Crippen molar-refractivity contribution in [1.82, 2.24) is 0 Å². The van der Waals surface area contributed by atoms with Gasteiger partial charge in [0, 0.05) is 17.6 Å². The summed E-state index contributed by atoms with van der Waals surface area (Å²) >= 11 is 0. The second-order valence-electron chi connectivity index (χ2n) is 5.48. The van der Waals surface area contributed by atoms with Gasteiger partial charge in [-0.3, -0.25) is 0 Å². The molecule has 19 heavy (non-hydrogen) atoms. The van der Waals surface area contributed by atoms with Gasteiger partial charge in [-0.1, -0.05) is 31.6 Å². The van der Waals surface area contributed by atoms with Crippen LogP contribution in [0.4, 0.5) is 5.69 Å². The molecule has 1 aliphatic carbocycles. The maximum absolute atomic E-state index is 11.0. The molecule has 3 heteroatoms. The number of aromatic carboxylic acids is 1. The van der Waals surface area contributed by atoms with Gasteiger partial charge in [-0.25, -0.2) is 0 Å². The molecule has 0 radical (unpaired) electrons. The number of rotatable bonds is 3. The van der Waals surface area contributed by atoms with Crippen molar-refractivity contribution in [3.05, 3.63) is 41.5 Å². The zero-order valence-electron chi connectivity index (χ0n) is 11.1. The van der Waals surface area contributed by atoms with E-state index in [0.717, 1.165) is 30.5 Å². The molecule has 0 aromatic heterocycles. The average Bonchev–Trinajstić information content (AvgIpc) is 2.88. The summed E-state index contributed by atoms with van der Waals surface area (Å²) in [5.41, 5.74) is 2.46. The maximum atomic E-state index is 11.0. The lowest BCUT2D eigenvalue weighted by molar-refractivity contribution is -0.255. The number of allylic oxidation sites excluding steroid dienone is 2. The number of carbonyl (C=O) groups is 1. The van der Waals surface area contributed by atoms with Crippen LogP contribution in [0.15, 0.2) is 30.4 Å². The van der Waals surface area contributed by atoms with E-state index in [2.05, 4.69) is 24.4 Å². The zero-order valence-corrected chi connectivity index (χ0v) is 11.1. The van der Waals surface area contributed by atoms with Crippen molar-refractivity contribution in [2.24, 2.45) is 5.92 Å².